The lowest BCUT2D eigenvalue weighted by Crippen LogP contribution is -2.01. The van der Waals surface area contributed by atoms with Crippen molar-refractivity contribution in [3.63, 3.8) is 0 Å². The van der Waals surface area contributed by atoms with Gasteiger partial charge >= 0.3 is 0 Å². The van der Waals surface area contributed by atoms with Gasteiger partial charge in [-0.05, 0) is 18.6 Å². The number of carbonyl (C=O) groups excluding carboxylic acids is 1. The van der Waals surface area contributed by atoms with E-state index in [1.165, 1.54) is 11.3 Å². The fourth-order valence-corrected chi connectivity index (χ4v) is 2.31. The molecule has 2 nitrogen and oxygen atoms in total. The number of rotatable bonds is 3. The summed E-state index contributed by atoms with van der Waals surface area (Å²) in [4.78, 5) is 16.6. The Balaban J connectivity index is 2.17. The van der Waals surface area contributed by atoms with E-state index in [0.717, 1.165) is 10.6 Å². The number of ketones is 1. The third-order valence-electron chi connectivity index (χ3n) is 2.20. The Morgan fingerprint density at radius 3 is 2.81 bits per heavy atom. The monoisotopic (exact) mass is 251 g/mol. The average molecular weight is 252 g/mol. The molecule has 0 saturated heterocycles. The van der Waals surface area contributed by atoms with Crippen LogP contribution in [-0.2, 0) is 6.42 Å². The number of aryl methyl sites for hydroxylation is 1. The molecule has 0 amide bonds. The van der Waals surface area contributed by atoms with Crippen LogP contribution in [0.4, 0.5) is 0 Å². The topological polar surface area (TPSA) is 30.0 Å². The Hall–Kier alpha value is -1.19. The van der Waals surface area contributed by atoms with Crippen molar-refractivity contribution in [3.05, 3.63) is 50.9 Å². The zero-order valence-corrected chi connectivity index (χ0v) is 10.3. The predicted molar refractivity (Wildman–Crippen MR) is 66.3 cm³/mol. The van der Waals surface area contributed by atoms with Gasteiger partial charge < -0.3 is 0 Å². The van der Waals surface area contributed by atoms with Gasteiger partial charge in [-0.3, -0.25) is 4.79 Å². The lowest BCUT2D eigenvalue weighted by molar-refractivity contribution is 0.0996. The van der Waals surface area contributed by atoms with Crippen LogP contribution in [-0.4, -0.2) is 10.8 Å². The van der Waals surface area contributed by atoms with E-state index >= 15 is 0 Å². The molecule has 82 valence electrons. The maximum Gasteiger partial charge on any atom is 0.178 e. The minimum atomic E-state index is 0.0682. The van der Waals surface area contributed by atoms with Crippen molar-refractivity contribution >= 4 is 28.7 Å². The second-order valence-corrected chi connectivity index (χ2v) is 5.08. The first kappa shape index (κ1) is 11.3. The summed E-state index contributed by atoms with van der Waals surface area (Å²) in [6.07, 6.45) is 1.96. The number of benzene rings is 1. The lowest BCUT2D eigenvalue weighted by Gasteiger charge is -2.01. The first-order valence-corrected chi connectivity index (χ1v) is 6.05. The van der Waals surface area contributed by atoms with Crippen LogP contribution in [0.15, 0.2) is 30.5 Å². The molecule has 16 heavy (non-hydrogen) atoms. The Morgan fingerprint density at radius 2 is 2.19 bits per heavy atom. The molecule has 0 radical (unpaired) electrons. The fourth-order valence-electron chi connectivity index (χ4n) is 1.39. The molecule has 0 atom stereocenters. The summed E-state index contributed by atoms with van der Waals surface area (Å²) in [6, 6.07) is 7.40. The highest BCUT2D eigenvalue weighted by Crippen LogP contribution is 2.19. The fraction of sp³-hybridized carbons (Fsp3) is 0.167. The smallest absolute Gasteiger partial charge is 0.178 e. The Kier molecular flexibility index (Phi) is 3.36. The Labute approximate surface area is 103 Å². The molecule has 0 N–H and O–H groups in total. The summed E-state index contributed by atoms with van der Waals surface area (Å²) in [7, 11) is 0. The van der Waals surface area contributed by atoms with Crippen molar-refractivity contribution in [2.24, 2.45) is 0 Å². The molecule has 0 fully saturated rings. The summed E-state index contributed by atoms with van der Waals surface area (Å²) in [6.45, 7) is 1.89. The van der Waals surface area contributed by atoms with Crippen LogP contribution in [0.5, 0.6) is 0 Å². The molecule has 2 rings (SSSR count). The van der Waals surface area contributed by atoms with Gasteiger partial charge in [-0.25, -0.2) is 4.98 Å². The van der Waals surface area contributed by atoms with Crippen molar-refractivity contribution in [1.82, 2.24) is 4.98 Å². The average Bonchev–Trinajstić information content (AvgIpc) is 2.68. The molecule has 0 bridgehead atoms. The van der Waals surface area contributed by atoms with E-state index in [0.29, 0.717) is 16.3 Å². The van der Waals surface area contributed by atoms with Gasteiger partial charge in [-0.2, -0.15) is 0 Å². The minimum absolute atomic E-state index is 0.0682. The molecule has 0 unspecified atom stereocenters. The van der Waals surface area contributed by atoms with E-state index in [2.05, 4.69) is 4.98 Å². The molecule has 1 aromatic heterocycles. The number of hydrogen-bond acceptors (Lipinski definition) is 3. The quantitative estimate of drug-likeness (QED) is 0.781. The first-order chi connectivity index (χ1) is 7.66. The molecule has 0 aliphatic rings. The Bertz CT molecular complexity index is 521. The van der Waals surface area contributed by atoms with E-state index in [1.54, 1.807) is 12.3 Å². The minimum Gasteiger partial charge on any atom is -0.293 e. The molecule has 1 heterocycles. The van der Waals surface area contributed by atoms with Crippen LogP contribution in [0, 0.1) is 6.92 Å². The molecule has 0 spiro atoms. The second kappa shape index (κ2) is 4.76. The number of Topliss-reactive ketones (excluding diaryl/α,β-unsaturated/α-hetero) is 1. The third-order valence-corrected chi connectivity index (χ3v) is 3.53. The number of aromatic nitrogens is 1. The van der Waals surface area contributed by atoms with Crippen LogP contribution in [0.25, 0.3) is 0 Å². The molecular weight excluding hydrogens is 242 g/mol. The SMILES string of the molecule is Cc1ncc(C(=O)Cc2ccccc2Cl)s1. The summed E-state index contributed by atoms with van der Waals surface area (Å²) in [5, 5.41) is 1.54. The number of thiazole rings is 1. The maximum absolute atomic E-state index is 11.9. The van der Waals surface area contributed by atoms with Gasteiger partial charge in [0.2, 0.25) is 0 Å². The standard InChI is InChI=1S/C12H10ClNOS/c1-8-14-7-12(16-8)11(15)6-9-4-2-3-5-10(9)13/h2-5,7H,6H2,1H3. The van der Waals surface area contributed by atoms with Gasteiger partial charge in [0.15, 0.2) is 5.78 Å². The zero-order chi connectivity index (χ0) is 11.5. The molecule has 0 aliphatic heterocycles. The predicted octanol–water partition coefficient (Wildman–Crippen LogP) is 3.53. The van der Waals surface area contributed by atoms with Crippen molar-refractivity contribution in [1.29, 1.82) is 0 Å². The van der Waals surface area contributed by atoms with Gasteiger partial charge in [0.1, 0.15) is 0 Å². The molecule has 1 aromatic carbocycles. The number of carbonyl (C=O) groups is 1. The highest BCUT2D eigenvalue weighted by atomic mass is 35.5. The zero-order valence-electron chi connectivity index (χ0n) is 8.74. The molecule has 0 saturated carbocycles. The van der Waals surface area contributed by atoms with E-state index in [-0.39, 0.29) is 5.78 Å². The van der Waals surface area contributed by atoms with E-state index in [1.807, 2.05) is 25.1 Å². The van der Waals surface area contributed by atoms with Gasteiger partial charge in [-0.15, -0.1) is 11.3 Å². The van der Waals surface area contributed by atoms with Gasteiger partial charge in [0.25, 0.3) is 0 Å². The highest BCUT2D eigenvalue weighted by molar-refractivity contribution is 7.13. The molecule has 2 aromatic rings. The van der Waals surface area contributed by atoms with Gasteiger partial charge in [0, 0.05) is 17.6 Å². The van der Waals surface area contributed by atoms with E-state index in [9.17, 15) is 4.79 Å². The summed E-state index contributed by atoms with van der Waals surface area (Å²) in [5.41, 5.74) is 0.861. The third kappa shape index (κ3) is 2.49. The highest BCUT2D eigenvalue weighted by Gasteiger charge is 2.11. The molecule has 0 aliphatic carbocycles. The summed E-state index contributed by atoms with van der Waals surface area (Å²) in [5.74, 6) is 0.0682. The normalized spacial score (nSPS) is 10.4. The van der Waals surface area contributed by atoms with E-state index in [4.69, 9.17) is 11.6 Å². The van der Waals surface area contributed by atoms with Crippen LogP contribution in [0.1, 0.15) is 20.2 Å². The van der Waals surface area contributed by atoms with Crippen molar-refractivity contribution in [2.75, 3.05) is 0 Å². The maximum atomic E-state index is 11.9. The molecular formula is C12H10ClNOS. The van der Waals surface area contributed by atoms with E-state index < -0.39 is 0 Å². The largest absolute Gasteiger partial charge is 0.293 e. The second-order valence-electron chi connectivity index (χ2n) is 3.43. The Morgan fingerprint density at radius 1 is 1.44 bits per heavy atom. The van der Waals surface area contributed by atoms with Crippen molar-refractivity contribution < 1.29 is 4.79 Å². The lowest BCUT2D eigenvalue weighted by atomic mass is 10.1. The van der Waals surface area contributed by atoms with Gasteiger partial charge in [-0.1, -0.05) is 29.8 Å². The van der Waals surface area contributed by atoms with Crippen molar-refractivity contribution in [3.8, 4) is 0 Å². The molecule has 4 heteroatoms. The number of nitrogens with zero attached hydrogens (tertiary/aromatic N) is 1. The van der Waals surface area contributed by atoms with Gasteiger partial charge in [0.05, 0.1) is 9.88 Å². The van der Waals surface area contributed by atoms with Crippen LogP contribution in [0.3, 0.4) is 0 Å². The first-order valence-electron chi connectivity index (χ1n) is 4.86. The van der Waals surface area contributed by atoms with Crippen LogP contribution < -0.4 is 0 Å². The van der Waals surface area contributed by atoms with Crippen LogP contribution in [0.2, 0.25) is 5.02 Å². The van der Waals surface area contributed by atoms with Crippen LogP contribution >= 0.6 is 22.9 Å². The number of halogens is 1. The number of hydrogen-bond donors (Lipinski definition) is 0. The summed E-state index contributed by atoms with van der Waals surface area (Å²) >= 11 is 7.41. The van der Waals surface area contributed by atoms with Crippen molar-refractivity contribution in [2.45, 2.75) is 13.3 Å². The summed E-state index contributed by atoms with van der Waals surface area (Å²) < 4.78 is 0.